The maximum atomic E-state index is 12.8. The number of anilines is 1. The summed E-state index contributed by atoms with van der Waals surface area (Å²) in [6.07, 6.45) is 1.76. The highest BCUT2D eigenvalue weighted by molar-refractivity contribution is 6.40. The van der Waals surface area contributed by atoms with E-state index in [9.17, 15) is 14.4 Å². The molecule has 0 saturated carbocycles. The van der Waals surface area contributed by atoms with Crippen molar-refractivity contribution < 1.29 is 14.4 Å². The van der Waals surface area contributed by atoms with Crippen molar-refractivity contribution >= 4 is 29.1 Å². The molecule has 0 unspecified atom stereocenters. The summed E-state index contributed by atoms with van der Waals surface area (Å²) in [4.78, 5) is 38.2. The summed E-state index contributed by atoms with van der Waals surface area (Å²) in [7, 11) is 0. The van der Waals surface area contributed by atoms with Gasteiger partial charge in [0, 0.05) is 31.8 Å². The lowest BCUT2D eigenvalue weighted by Gasteiger charge is -2.32. The van der Waals surface area contributed by atoms with Crippen molar-refractivity contribution in [2.75, 3.05) is 18.1 Å². The summed E-state index contributed by atoms with van der Waals surface area (Å²) in [6, 6.07) is 5.83. The van der Waals surface area contributed by atoms with Crippen molar-refractivity contribution in [3.8, 4) is 0 Å². The number of hydrogen-bond acceptors (Lipinski definition) is 4. The fourth-order valence-electron chi connectivity index (χ4n) is 3.39. The monoisotopic (exact) mass is 356 g/mol. The molecule has 1 fully saturated rings. The number of aryl methyl sites for hydroxylation is 2. The lowest BCUT2D eigenvalue weighted by molar-refractivity contribution is -0.129. The van der Waals surface area contributed by atoms with Gasteiger partial charge in [-0.1, -0.05) is 12.1 Å². The van der Waals surface area contributed by atoms with Crippen LogP contribution < -0.4 is 10.7 Å². The van der Waals surface area contributed by atoms with Gasteiger partial charge < -0.3 is 10.6 Å². The average Bonchev–Trinajstić information content (AvgIpc) is 2.64. The highest BCUT2D eigenvalue weighted by Crippen LogP contribution is 2.26. The van der Waals surface area contributed by atoms with Gasteiger partial charge in [0.1, 0.15) is 5.71 Å². The van der Waals surface area contributed by atoms with Gasteiger partial charge in [-0.2, -0.15) is 5.10 Å². The Bertz CT molecular complexity index is 779. The van der Waals surface area contributed by atoms with Crippen molar-refractivity contribution in [1.29, 1.82) is 0 Å². The van der Waals surface area contributed by atoms with Crippen LogP contribution in [0.3, 0.4) is 0 Å². The number of carbonyl (C=O) groups excluding carboxylic acids is 3. The van der Waals surface area contributed by atoms with Gasteiger partial charge >= 0.3 is 0 Å². The quantitative estimate of drug-likeness (QED) is 0.889. The van der Waals surface area contributed by atoms with Gasteiger partial charge in [-0.05, 0) is 43.9 Å². The topological polar surface area (TPSA) is 96.1 Å². The third kappa shape index (κ3) is 3.61. The zero-order valence-corrected chi connectivity index (χ0v) is 15.2. The maximum absolute atomic E-state index is 12.8. The molecule has 0 bridgehead atoms. The summed E-state index contributed by atoms with van der Waals surface area (Å²) in [5.41, 5.74) is 8.41. The van der Waals surface area contributed by atoms with Gasteiger partial charge in [0.25, 0.3) is 5.91 Å². The molecule has 26 heavy (non-hydrogen) atoms. The Morgan fingerprint density at radius 2 is 1.85 bits per heavy atom. The van der Waals surface area contributed by atoms with Crippen LogP contribution in [0.5, 0.6) is 0 Å². The molecule has 2 N–H and O–H groups in total. The molecule has 0 radical (unpaired) electrons. The lowest BCUT2D eigenvalue weighted by Crippen LogP contribution is -2.46. The van der Waals surface area contributed by atoms with E-state index in [0.717, 1.165) is 11.1 Å². The number of primary amides is 1. The lowest BCUT2D eigenvalue weighted by atomic mass is 9.96. The standard InChI is InChI=1S/C19H24N4O3/c1-12-3-4-13(2)16(11-12)23-17(24)6-5-15(21-23)19(26)22-9-7-14(8-10-22)18(20)25/h3-4,11,14H,5-10H2,1-2H3,(H2,20,25). The SMILES string of the molecule is Cc1ccc(C)c(N2N=C(C(=O)N3CCC(C(N)=O)CC3)CCC2=O)c1. The van der Waals surface area contributed by atoms with E-state index in [0.29, 0.717) is 43.8 Å². The van der Waals surface area contributed by atoms with Crippen LogP contribution in [0.15, 0.2) is 23.3 Å². The van der Waals surface area contributed by atoms with Gasteiger partial charge in [0.15, 0.2) is 0 Å². The van der Waals surface area contributed by atoms with Crippen molar-refractivity contribution in [3.63, 3.8) is 0 Å². The van der Waals surface area contributed by atoms with Crippen LogP contribution in [0.2, 0.25) is 0 Å². The molecule has 3 amide bonds. The van der Waals surface area contributed by atoms with Crippen molar-refractivity contribution in [2.45, 2.75) is 39.5 Å². The molecular formula is C19H24N4O3. The Morgan fingerprint density at radius 3 is 2.50 bits per heavy atom. The first-order valence-electron chi connectivity index (χ1n) is 8.93. The molecule has 3 rings (SSSR count). The maximum Gasteiger partial charge on any atom is 0.270 e. The zero-order valence-electron chi connectivity index (χ0n) is 15.2. The third-order valence-electron chi connectivity index (χ3n) is 5.06. The van der Waals surface area contributed by atoms with Crippen LogP contribution in [0.4, 0.5) is 5.69 Å². The van der Waals surface area contributed by atoms with E-state index < -0.39 is 0 Å². The molecule has 1 saturated heterocycles. The van der Waals surface area contributed by atoms with Crippen LogP contribution in [0, 0.1) is 19.8 Å². The molecule has 138 valence electrons. The normalized spacial score (nSPS) is 18.7. The molecular weight excluding hydrogens is 332 g/mol. The number of hydrogen-bond donors (Lipinski definition) is 1. The first kappa shape index (κ1) is 18.1. The summed E-state index contributed by atoms with van der Waals surface area (Å²) in [6.45, 7) is 4.85. The zero-order chi connectivity index (χ0) is 18.8. The Balaban J connectivity index is 1.79. The minimum atomic E-state index is -0.307. The minimum absolute atomic E-state index is 0.109. The Morgan fingerprint density at radius 1 is 1.15 bits per heavy atom. The van der Waals surface area contributed by atoms with Crippen LogP contribution >= 0.6 is 0 Å². The Labute approximate surface area is 152 Å². The molecule has 1 aromatic rings. The summed E-state index contributed by atoms with van der Waals surface area (Å²) in [5.74, 6) is -0.738. The van der Waals surface area contributed by atoms with Crippen LogP contribution in [-0.2, 0) is 14.4 Å². The molecule has 2 aliphatic heterocycles. The van der Waals surface area contributed by atoms with E-state index >= 15 is 0 Å². The predicted octanol–water partition coefficient (Wildman–Crippen LogP) is 1.51. The molecule has 0 atom stereocenters. The summed E-state index contributed by atoms with van der Waals surface area (Å²) in [5, 5.41) is 5.74. The van der Waals surface area contributed by atoms with E-state index in [1.807, 2.05) is 32.0 Å². The van der Waals surface area contributed by atoms with Crippen LogP contribution in [0.1, 0.15) is 36.8 Å². The Hall–Kier alpha value is -2.70. The van der Waals surface area contributed by atoms with Crippen LogP contribution in [-0.4, -0.2) is 41.4 Å². The number of piperidine rings is 1. The largest absolute Gasteiger partial charge is 0.369 e. The number of benzene rings is 1. The van der Waals surface area contributed by atoms with Gasteiger partial charge in [-0.15, -0.1) is 0 Å². The second kappa shape index (κ2) is 7.27. The van der Waals surface area contributed by atoms with Crippen molar-refractivity contribution in [1.82, 2.24) is 4.90 Å². The van der Waals surface area contributed by atoms with Gasteiger partial charge in [-0.3, -0.25) is 14.4 Å². The third-order valence-corrected chi connectivity index (χ3v) is 5.06. The molecule has 2 heterocycles. The number of amides is 3. The summed E-state index contributed by atoms with van der Waals surface area (Å²) < 4.78 is 0. The molecule has 2 aliphatic rings. The second-order valence-corrected chi connectivity index (χ2v) is 7.01. The minimum Gasteiger partial charge on any atom is -0.369 e. The number of rotatable bonds is 3. The molecule has 7 nitrogen and oxygen atoms in total. The van der Waals surface area contributed by atoms with E-state index in [-0.39, 0.29) is 30.1 Å². The average molecular weight is 356 g/mol. The summed E-state index contributed by atoms with van der Waals surface area (Å²) >= 11 is 0. The first-order chi connectivity index (χ1) is 12.4. The molecule has 0 aliphatic carbocycles. The number of nitrogens with two attached hydrogens (primary N) is 1. The highest BCUT2D eigenvalue weighted by Gasteiger charge is 2.32. The van der Waals surface area contributed by atoms with Gasteiger partial charge in [-0.25, -0.2) is 5.01 Å². The number of nitrogens with zero attached hydrogens (tertiary/aromatic N) is 3. The fraction of sp³-hybridized carbons (Fsp3) is 0.474. The number of carbonyl (C=O) groups is 3. The first-order valence-corrected chi connectivity index (χ1v) is 8.93. The predicted molar refractivity (Wildman–Crippen MR) is 98.6 cm³/mol. The van der Waals surface area contributed by atoms with E-state index in [4.69, 9.17) is 5.73 Å². The molecule has 7 heteroatoms. The van der Waals surface area contributed by atoms with E-state index in [1.165, 1.54) is 5.01 Å². The Kier molecular flexibility index (Phi) is 5.06. The van der Waals surface area contributed by atoms with Crippen molar-refractivity contribution in [3.05, 3.63) is 29.3 Å². The van der Waals surface area contributed by atoms with E-state index in [2.05, 4.69) is 5.10 Å². The van der Waals surface area contributed by atoms with Gasteiger partial charge in [0.05, 0.1) is 5.69 Å². The smallest absolute Gasteiger partial charge is 0.270 e. The van der Waals surface area contributed by atoms with Crippen molar-refractivity contribution in [2.24, 2.45) is 16.8 Å². The van der Waals surface area contributed by atoms with Crippen LogP contribution in [0.25, 0.3) is 0 Å². The number of likely N-dealkylation sites (tertiary alicyclic amines) is 1. The second-order valence-electron chi connectivity index (χ2n) is 7.01. The molecule has 0 aromatic heterocycles. The fourth-order valence-corrected chi connectivity index (χ4v) is 3.39. The molecule has 1 aromatic carbocycles. The molecule has 0 spiro atoms. The van der Waals surface area contributed by atoms with Gasteiger partial charge in [0.2, 0.25) is 11.8 Å². The van der Waals surface area contributed by atoms with E-state index in [1.54, 1.807) is 4.90 Å². The number of hydrazone groups is 1. The highest BCUT2D eigenvalue weighted by atomic mass is 16.2.